The molecular weight excluding hydrogens is 304 g/mol. The number of carbonyl (C=O) groups excluding carboxylic acids is 1. The van der Waals surface area contributed by atoms with E-state index in [0.29, 0.717) is 24.7 Å². The predicted molar refractivity (Wildman–Crippen MR) is 90.4 cm³/mol. The van der Waals surface area contributed by atoms with E-state index in [4.69, 9.17) is 4.42 Å². The fourth-order valence-electron chi connectivity index (χ4n) is 2.21. The van der Waals surface area contributed by atoms with E-state index in [0.717, 1.165) is 0 Å². The molecule has 6 nitrogen and oxygen atoms in total. The van der Waals surface area contributed by atoms with Crippen molar-refractivity contribution >= 4 is 11.7 Å². The monoisotopic (exact) mass is 322 g/mol. The van der Waals surface area contributed by atoms with Crippen molar-refractivity contribution in [3.63, 3.8) is 0 Å². The fraction of sp³-hybridized carbons (Fsp3) is 0.167. The van der Waals surface area contributed by atoms with Gasteiger partial charge in [0.15, 0.2) is 5.69 Å². The van der Waals surface area contributed by atoms with Gasteiger partial charge in [-0.3, -0.25) is 4.79 Å². The number of aromatic nitrogens is 2. The van der Waals surface area contributed by atoms with E-state index in [9.17, 15) is 4.79 Å². The number of nitrogens with one attached hydrogen (secondary N) is 2. The average Bonchev–Trinajstić information content (AvgIpc) is 3.13. The van der Waals surface area contributed by atoms with Gasteiger partial charge in [-0.05, 0) is 42.3 Å². The minimum atomic E-state index is -0.288. The van der Waals surface area contributed by atoms with Crippen LogP contribution < -0.4 is 10.6 Å². The van der Waals surface area contributed by atoms with E-state index in [1.54, 1.807) is 30.5 Å². The summed E-state index contributed by atoms with van der Waals surface area (Å²) in [6.45, 7) is 3.04. The Kier molecular flexibility index (Phi) is 4.86. The molecule has 122 valence electrons. The van der Waals surface area contributed by atoms with Gasteiger partial charge in [-0.2, -0.15) is 0 Å². The highest BCUT2D eigenvalue weighted by molar-refractivity contribution is 5.92. The highest BCUT2D eigenvalue weighted by Gasteiger charge is 2.08. The van der Waals surface area contributed by atoms with Crippen LogP contribution in [0.4, 0.5) is 5.82 Å². The molecule has 0 fully saturated rings. The van der Waals surface area contributed by atoms with Gasteiger partial charge >= 0.3 is 0 Å². The molecule has 0 unspecified atom stereocenters. The molecule has 2 N–H and O–H groups in total. The normalized spacial score (nSPS) is 10.4. The maximum absolute atomic E-state index is 12.0. The topological polar surface area (TPSA) is 80.0 Å². The quantitative estimate of drug-likeness (QED) is 0.729. The number of nitrogens with zero attached hydrogens (tertiary/aromatic N) is 2. The lowest BCUT2D eigenvalue weighted by atomic mass is 10.1. The molecule has 2 aromatic heterocycles. The van der Waals surface area contributed by atoms with E-state index in [-0.39, 0.29) is 11.6 Å². The van der Waals surface area contributed by atoms with Crippen molar-refractivity contribution in [2.24, 2.45) is 0 Å². The van der Waals surface area contributed by atoms with Crippen molar-refractivity contribution in [3.05, 3.63) is 77.4 Å². The number of rotatable bonds is 6. The van der Waals surface area contributed by atoms with E-state index in [1.165, 1.54) is 11.1 Å². The Hall–Kier alpha value is -3.15. The summed E-state index contributed by atoms with van der Waals surface area (Å²) >= 11 is 0. The third-order valence-corrected chi connectivity index (χ3v) is 3.62. The summed E-state index contributed by atoms with van der Waals surface area (Å²) in [5.74, 6) is 1.03. The molecule has 3 aromatic rings. The minimum Gasteiger partial charge on any atom is -0.467 e. The molecule has 0 saturated carbocycles. The van der Waals surface area contributed by atoms with Crippen LogP contribution in [0.1, 0.15) is 27.4 Å². The molecule has 6 heteroatoms. The summed E-state index contributed by atoms with van der Waals surface area (Å²) in [5, 5.41) is 13.9. The zero-order valence-corrected chi connectivity index (χ0v) is 13.3. The van der Waals surface area contributed by atoms with Crippen molar-refractivity contribution in [2.75, 3.05) is 5.32 Å². The first-order chi connectivity index (χ1) is 11.7. The maximum atomic E-state index is 12.0. The van der Waals surface area contributed by atoms with Crippen molar-refractivity contribution in [2.45, 2.75) is 20.0 Å². The molecule has 24 heavy (non-hydrogen) atoms. The van der Waals surface area contributed by atoms with Gasteiger partial charge in [-0.1, -0.05) is 24.3 Å². The van der Waals surface area contributed by atoms with Gasteiger partial charge in [-0.15, -0.1) is 10.2 Å². The summed E-state index contributed by atoms with van der Waals surface area (Å²) < 4.78 is 5.16. The van der Waals surface area contributed by atoms with Gasteiger partial charge in [0.05, 0.1) is 12.8 Å². The van der Waals surface area contributed by atoms with Crippen molar-refractivity contribution < 1.29 is 9.21 Å². The lowest BCUT2D eigenvalue weighted by molar-refractivity contribution is 0.0942. The van der Waals surface area contributed by atoms with Gasteiger partial charge in [0.25, 0.3) is 5.91 Å². The Morgan fingerprint density at radius 2 is 1.92 bits per heavy atom. The van der Waals surface area contributed by atoms with Crippen molar-refractivity contribution in [3.8, 4) is 0 Å². The molecule has 0 atom stereocenters. The molecule has 2 heterocycles. The summed E-state index contributed by atoms with van der Waals surface area (Å²) in [6, 6.07) is 15.1. The number of hydrogen-bond acceptors (Lipinski definition) is 5. The summed E-state index contributed by atoms with van der Waals surface area (Å²) in [6.07, 6.45) is 1.57. The molecular formula is C18H18N4O2. The van der Waals surface area contributed by atoms with E-state index < -0.39 is 0 Å². The molecule has 1 amide bonds. The molecule has 0 aliphatic heterocycles. The lowest BCUT2D eigenvalue weighted by Crippen LogP contribution is -2.24. The standard InChI is InChI=1S/C18H18N4O2/c1-13-5-2-3-6-14(13)11-19-17-9-8-16(21-22-17)18(23)20-12-15-7-4-10-24-15/h2-10H,11-12H2,1H3,(H,19,22)(H,20,23). The van der Waals surface area contributed by atoms with Gasteiger partial charge in [0.2, 0.25) is 0 Å². The van der Waals surface area contributed by atoms with E-state index in [2.05, 4.69) is 39.9 Å². The maximum Gasteiger partial charge on any atom is 0.272 e. The molecule has 0 bridgehead atoms. The van der Waals surface area contributed by atoms with Gasteiger partial charge in [0.1, 0.15) is 11.6 Å². The highest BCUT2D eigenvalue weighted by Crippen LogP contribution is 2.10. The van der Waals surface area contributed by atoms with Gasteiger partial charge in [0, 0.05) is 6.54 Å². The van der Waals surface area contributed by atoms with Crippen LogP contribution in [0.15, 0.2) is 59.2 Å². The molecule has 0 radical (unpaired) electrons. The molecule has 3 rings (SSSR count). The first kappa shape index (κ1) is 15.7. The zero-order chi connectivity index (χ0) is 16.8. The largest absolute Gasteiger partial charge is 0.467 e. The second kappa shape index (κ2) is 7.41. The lowest BCUT2D eigenvalue weighted by Gasteiger charge is -2.08. The predicted octanol–water partition coefficient (Wildman–Crippen LogP) is 2.92. The molecule has 0 saturated heterocycles. The van der Waals surface area contributed by atoms with Crippen molar-refractivity contribution in [1.82, 2.24) is 15.5 Å². The Morgan fingerprint density at radius 1 is 1.04 bits per heavy atom. The first-order valence-corrected chi connectivity index (χ1v) is 7.65. The number of anilines is 1. The van der Waals surface area contributed by atoms with Crippen LogP contribution in [0.2, 0.25) is 0 Å². The smallest absolute Gasteiger partial charge is 0.272 e. The Morgan fingerprint density at radius 3 is 2.62 bits per heavy atom. The second-order valence-corrected chi connectivity index (χ2v) is 5.35. The van der Waals surface area contributed by atoms with Crippen LogP contribution in [-0.4, -0.2) is 16.1 Å². The molecule has 1 aromatic carbocycles. The van der Waals surface area contributed by atoms with Gasteiger partial charge < -0.3 is 15.1 Å². The fourth-order valence-corrected chi connectivity index (χ4v) is 2.21. The number of carbonyl (C=O) groups is 1. The number of furan rings is 1. The minimum absolute atomic E-state index is 0.267. The van der Waals surface area contributed by atoms with Crippen molar-refractivity contribution in [1.29, 1.82) is 0 Å². The zero-order valence-electron chi connectivity index (χ0n) is 13.3. The second-order valence-electron chi connectivity index (χ2n) is 5.35. The van der Waals surface area contributed by atoms with E-state index in [1.807, 2.05) is 12.1 Å². The summed E-state index contributed by atoms with van der Waals surface area (Å²) in [5.41, 5.74) is 2.68. The number of benzene rings is 1. The van der Waals surface area contributed by atoms with Crippen LogP contribution >= 0.6 is 0 Å². The SMILES string of the molecule is Cc1ccccc1CNc1ccc(C(=O)NCc2ccco2)nn1. The first-order valence-electron chi connectivity index (χ1n) is 7.65. The van der Waals surface area contributed by atoms with Crippen LogP contribution in [0, 0.1) is 6.92 Å². The third-order valence-electron chi connectivity index (χ3n) is 3.62. The summed E-state index contributed by atoms with van der Waals surface area (Å²) in [7, 11) is 0. The molecule has 0 aliphatic carbocycles. The van der Waals surface area contributed by atoms with Crippen LogP contribution in [0.3, 0.4) is 0 Å². The number of amides is 1. The number of hydrogen-bond donors (Lipinski definition) is 2. The molecule has 0 aliphatic rings. The van der Waals surface area contributed by atoms with Crippen LogP contribution in [0.5, 0.6) is 0 Å². The molecule has 0 spiro atoms. The van der Waals surface area contributed by atoms with Crippen LogP contribution in [-0.2, 0) is 13.1 Å². The van der Waals surface area contributed by atoms with Gasteiger partial charge in [-0.25, -0.2) is 0 Å². The Bertz CT molecular complexity index is 798. The average molecular weight is 322 g/mol. The Labute approximate surface area is 139 Å². The highest BCUT2D eigenvalue weighted by atomic mass is 16.3. The summed E-state index contributed by atoms with van der Waals surface area (Å²) in [4.78, 5) is 12.0. The third kappa shape index (κ3) is 3.98. The number of aryl methyl sites for hydroxylation is 1. The van der Waals surface area contributed by atoms with Crippen LogP contribution in [0.25, 0.3) is 0 Å². The van der Waals surface area contributed by atoms with E-state index >= 15 is 0 Å². The Balaban J connectivity index is 1.55.